The van der Waals surface area contributed by atoms with E-state index in [4.69, 9.17) is 0 Å². The van der Waals surface area contributed by atoms with Crippen molar-refractivity contribution in [2.75, 3.05) is 53.4 Å². The normalized spacial score (nSPS) is 28.0. The molecule has 0 bridgehead atoms. The molecule has 0 aromatic heterocycles. The molecule has 0 aliphatic carbocycles. The molecule has 2 saturated heterocycles. The molecule has 23 heavy (non-hydrogen) atoms. The van der Waals surface area contributed by atoms with E-state index in [9.17, 15) is 0 Å². The van der Waals surface area contributed by atoms with Crippen LogP contribution in [-0.4, -0.2) is 96.6 Å². The highest BCUT2D eigenvalue weighted by Gasteiger charge is 2.33. The first-order chi connectivity index (χ1) is 10.5. The summed E-state index contributed by atoms with van der Waals surface area (Å²) in [4.78, 5) is 9.98. The van der Waals surface area contributed by atoms with Gasteiger partial charge in [0.15, 0.2) is 0 Å². The van der Waals surface area contributed by atoms with Crippen LogP contribution in [0.1, 0.15) is 48.5 Å². The van der Waals surface area contributed by atoms with E-state index in [0.717, 1.165) is 6.04 Å². The minimum Gasteiger partial charge on any atom is -0.303 e. The lowest BCUT2D eigenvalue weighted by Crippen LogP contribution is -2.60. The molecule has 0 spiro atoms. The van der Waals surface area contributed by atoms with Crippen LogP contribution in [0.15, 0.2) is 0 Å². The Bertz CT molecular complexity index is 340. The van der Waals surface area contributed by atoms with Crippen LogP contribution in [-0.2, 0) is 0 Å². The van der Waals surface area contributed by atoms with E-state index >= 15 is 0 Å². The van der Waals surface area contributed by atoms with Crippen LogP contribution in [0.4, 0.5) is 0 Å². The van der Waals surface area contributed by atoms with Crippen LogP contribution >= 0.6 is 0 Å². The number of hydrogen-bond acceptors (Lipinski definition) is 4. The molecular formula is C19H42N4. The first kappa shape index (κ1) is 20.9. The van der Waals surface area contributed by atoms with Crippen LogP contribution in [0, 0.1) is 0 Å². The SMILES string of the molecule is CC(C)N1CCN(C)CC1(C)C.CC(C)N1CCN(C)[C@@H](C)C1. The number of likely N-dealkylation sites (N-methyl/N-ethyl adjacent to an activating group) is 2. The largest absolute Gasteiger partial charge is 0.303 e. The molecule has 2 aliphatic rings. The Morgan fingerprint density at radius 1 is 0.870 bits per heavy atom. The standard InChI is InChI=1S/C10H22N2.C9H20N2/c1-9(2)12-7-6-11(5)8-10(12,3)4;1-8(2)11-6-5-10(4)9(3)7-11/h9H,6-8H2,1-5H3;8-9H,5-7H2,1-4H3/t;9-/m.0/s1. The lowest BCUT2D eigenvalue weighted by atomic mass is 9.97. The number of rotatable bonds is 2. The van der Waals surface area contributed by atoms with Crippen molar-refractivity contribution in [1.82, 2.24) is 19.6 Å². The Labute approximate surface area is 145 Å². The Morgan fingerprint density at radius 3 is 1.91 bits per heavy atom. The zero-order valence-electron chi connectivity index (χ0n) is 17.3. The van der Waals surface area contributed by atoms with Crippen molar-refractivity contribution >= 4 is 0 Å². The molecule has 1 atom stereocenters. The number of piperazine rings is 2. The quantitative estimate of drug-likeness (QED) is 0.773. The third kappa shape index (κ3) is 6.33. The lowest BCUT2D eigenvalue weighted by molar-refractivity contribution is 0.00876. The average molecular weight is 327 g/mol. The topological polar surface area (TPSA) is 13.0 Å². The molecule has 0 aromatic rings. The van der Waals surface area contributed by atoms with Crippen LogP contribution in [0.3, 0.4) is 0 Å². The van der Waals surface area contributed by atoms with E-state index in [1.165, 1.54) is 39.3 Å². The highest BCUT2D eigenvalue weighted by Crippen LogP contribution is 2.22. The molecule has 4 heteroatoms. The van der Waals surface area contributed by atoms with Crippen LogP contribution < -0.4 is 0 Å². The fraction of sp³-hybridized carbons (Fsp3) is 1.00. The van der Waals surface area contributed by atoms with Crippen LogP contribution in [0.5, 0.6) is 0 Å². The van der Waals surface area contributed by atoms with Gasteiger partial charge >= 0.3 is 0 Å². The minimum absolute atomic E-state index is 0.348. The fourth-order valence-electron chi connectivity index (χ4n) is 3.91. The van der Waals surface area contributed by atoms with Gasteiger partial charge in [0.2, 0.25) is 0 Å². The monoisotopic (exact) mass is 326 g/mol. The molecule has 0 radical (unpaired) electrons. The Balaban J connectivity index is 0.000000231. The van der Waals surface area contributed by atoms with Crippen molar-refractivity contribution in [2.24, 2.45) is 0 Å². The predicted molar refractivity (Wildman–Crippen MR) is 102 cm³/mol. The van der Waals surface area contributed by atoms with E-state index in [2.05, 4.69) is 82.2 Å². The van der Waals surface area contributed by atoms with Gasteiger partial charge in [0, 0.05) is 62.9 Å². The summed E-state index contributed by atoms with van der Waals surface area (Å²) in [6.45, 7) is 23.4. The molecule has 2 rings (SSSR count). The Kier molecular flexibility index (Phi) is 7.99. The number of nitrogens with zero attached hydrogens (tertiary/aromatic N) is 4. The Hall–Kier alpha value is -0.160. The smallest absolute Gasteiger partial charge is 0.0283 e. The van der Waals surface area contributed by atoms with E-state index in [1.807, 2.05) is 0 Å². The maximum Gasteiger partial charge on any atom is 0.0283 e. The van der Waals surface area contributed by atoms with Gasteiger partial charge in [0.25, 0.3) is 0 Å². The van der Waals surface area contributed by atoms with Crippen molar-refractivity contribution in [3.8, 4) is 0 Å². The molecule has 2 fully saturated rings. The summed E-state index contributed by atoms with van der Waals surface area (Å²) in [6.07, 6.45) is 0. The van der Waals surface area contributed by atoms with E-state index in [0.29, 0.717) is 17.6 Å². The van der Waals surface area contributed by atoms with Crippen LogP contribution in [0.2, 0.25) is 0 Å². The van der Waals surface area contributed by atoms with Gasteiger partial charge in [-0.1, -0.05) is 0 Å². The molecule has 0 aromatic carbocycles. The van der Waals surface area contributed by atoms with Gasteiger partial charge in [-0.05, 0) is 62.6 Å². The summed E-state index contributed by atoms with van der Waals surface area (Å²) in [5.74, 6) is 0. The molecular weight excluding hydrogens is 284 g/mol. The molecule has 4 nitrogen and oxygen atoms in total. The van der Waals surface area contributed by atoms with Crippen molar-refractivity contribution in [2.45, 2.75) is 72.1 Å². The summed E-state index contributed by atoms with van der Waals surface area (Å²) in [5, 5.41) is 0. The van der Waals surface area contributed by atoms with E-state index < -0.39 is 0 Å². The molecule has 2 heterocycles. The average Bonchev–Trinajstić information content (AvgIpc) is 2.40. The van der Waals surface area contributed by atoms with Gasteiger partial charge in [-0.15, -0.1) is 0 Å². The highest BCUT2D eigenvalue weighted by atomic mass is 15.3. The number of hydrogen-bond donors (Lipinski definition) is 0. The zero-order valence-corrected chi connectivity index (χ0v) is 17.3. The molecule has 138 valence electrons. The van der Waals surface area contributed by atoms with Gasteiger partial charge < -0.3 is 9.80 Å². The van der Waals surface area contributed by atoms with Crippen molar-refractivity contribution in [1.29, 1.82) is 0 Å². The second-order valence-corrected chi connectivity index (χ2v) is 8.76. The summed E-state index contributed by atoms with van der Waals surface area (Å²) in [6, 6.07) is 2.12. The summed E-state index contributed by atoms with van der Waals surface area (Å²) in [5.41, 5.74) is 0.348. The van der Waals surface area contributed by atoms with E-state index in [-0.39, 0.29) is 0 Å². The second-order valence-electron chi connectivity index (χ2n) is 8.76. The first-order valence-electron chi connectivity index (χ1n) is 9.44. The van der Waals surface area contributed by atoms with Crippen molar-refractivity contribution < 1.29 is 0 Å². The van der Waals surface area contributed by atoms with Crippen LogP contribution in [0.25, 0.3) is 0 Å². The summed E-state index contributed by atoms with van der Waals surface area (Å²) >= 11 is 0. The first-order valence-corrected chi connectivity index (χ1v) is 9.44. The van der Waals surface area contributed by atoms with Crippen molar-refractivity contribution in [3.63, 3.8) is 0 Å². The predicted octanol–water partition coefficient (Wildman–Crippen LogP) is 2.45. The minimum atomic E-state index is 0.348. The van der Waals surface area contributed by atoms with Gasteiger partial charge in [-0.3, -0.25) is 9.80 Å². The second kappa shape index (κ2) is 8.80. The van der Waals surface area contributed by atoms with Crippen molar-refractivity contribution in [3.05, 3.63) is 0 Å². The molecule has 0 amide bonds. The zero-order chi connectivity index (χ0) is 17.8. The maximum absolute atomic E-state index is 2.59. The third-order valence-electron chi connectivity index (χ3n) is 5.50. The van der Waals surface area contributed by atoms with Gasteiger partial charge in [-0.2, -0.15) is 0 Å². The molecule has 0 N–H and O–H groups in total. The summed E-state index contributed by atoms with van der Waals surface area (Å²) < 4.78 is 0. The lowest BCUT2D eigenvalue weighted by Gasteiger charge is -2.48. The molecule has 0 saturated carbocycles. The van der Waals surface area contributed by atoms with E-state index in [1.54, 1.807) is 0 Å². The van der Waals surface area contributed by atoms with Gasteiger partial charge in [0.1, 0.15) is 0 Å². The van der Waals surface area contributed by atoms with Gasteiger partial charge in [0.05, 0.1) is 0 Å². The van der Waals surface area contributed by atoms with Gasteiger partial charge in [-0.25, -0.2) is 0 Å². The summed E-state index contributed by atoms with van der Waals surface area (Å²) in [7, 11) is 4.42. The maximum atomic E-state index is 2.59. The molecule has 2 aliphatic heterocycles. The molecule has 0 unspecified atom stereocenters. The third-order valence-corrected chi connectivity index (χ3v) is 5.50. The fourth-order valence-corrected chi connectivity index (χ4v) is 3.91. The Morgan fingerprint density at radius 2 is 1.48 bits per heavy atom. The highest BCUT2D eigenvalue weighted by molar-refractivity contribution is 4.90.